The molecule has 0 bridgehead atoms. The summed E-state index contributed by atoms with van der Waals surface area (Å²) in [5, 5.41) is 3.04. The third kappa shape index (κ3) is 4.83. The molecule has 1 spiro atoms. The van der Waals surface area contributed by atoms with Gasteiger partial charge in [-0.15, -0.1) is 0 Å². The molecule has 132 valence electrons. The Kier molecular flexibility index (Phi) is 6.17. The molecule has 2 saturated heterocycles. The molecule has 0 aromatic heterocycles. The first-order chi connectivity index (χ1) is 11.3. The number of urea groups is 1. The molecule has 0 radical (unpaired) electrons. The van der Waals surface area contributed by atoms with Crippen molar-refractivity contribution >= 4 is 6.03 Å². The molecule has 0 aromatic rings. The van der Waals surface area contributed by atoms with Crippen LogP contribution in [0.25, 0.3) is 0 Å². The number of ether oxygens (including phenoxy) is 2. The number of amides is 2. The van der Waals surface area contributed by atoms with E-state index in [1.165, 1.54) is 38.5 Å². The van der Waals surface area contributed by atoms with Crippen molar-refractivity contribution in [3.05, 3.63) is 0 Å². The molecule has 1 atom stereocenters. The largest absolute Gasteiger partial charge is 0.381 e. The van der Waals surface area contributed by atoms with Gasteiger partial charge >= 0.3 is 6.03 Å². The maximum atomic E-state index is 12.2. The molecule has 0 unspecified atom stereocenters. The van der Waals surface area contributed by atoms with Crippen molar-refractivity contribution in [2.24, 2.45) is 11.3 Å². The molecule has 3 aliphatic rings. The summed E-state index contributed by atoms with van der Waals surface area (Å²) in [6.07, 6.45) is 9.94. The van der Waals surface area contributed by atoms with Gasteiger partial charge in [-0.25, -0.2) is 4.79 Å². The van der Waals surface area contributed by atoms with Gasteiger partial charge in [-0.3, -0.25) is 0 Å². The molecule has 1 aliphatic carbocycles. The summed E-state index contributed by atoms with van der Waals surface area (Å²) in [7, 11) is 0. The second kappa shape index (κ2) is 8.34. The van der Waals surface area contributed by atoms with E-state index in [4.69, 9.17) is 9.47 Å². The monoisotopic (exact) mass is 324 g/mol. The average molecular weight is 324 g/mol. The Morgan fingerprint density at radius 1 is 1.22 bits per heavy atom. The molecule has 1 saturated carbocycles. The SMILES string of the molecule is O=C(NCCCOC[C@H]1CCOC1)N1CCC2(CCCC2)CC1. The van der Waals surface area contributed by atoms with E-state index in [9.17, 15) is 4.79 Å². The van der Waals surface area contributed by atoms with Crippen LogP contribution in [0.3, 0.4) is 0 Å². The van der Waals surface area contributed by atoms with Gasteiger partial charge in [0.05, 0.1) is 13.2 Å². The predicted molar refractivity (Wildman–Crippen MR) is 89.5 cm³/mol. The molecule has 5 nitrogen and oxygen atoms in total. The van der Waals surface area contributed by atoms with Crippen molar-refractivity contribution in [2.75, 3.05) is 46.1 Å². The Morgan fingerprint density at radius 3 is 2.70 bits per heavy atom. The maximum Gasteiger partial charge on any atom is 0.317 e. The molecule has 0 aromatic carbocycles. The van der Waals surface area contributed by atoms with Crippen molar-refractivity contribution in [1.82, 2.24) is 10.2 Å². The lowest BCUT2D eigenvalue weighted by molar-refractivity contribution is 0.0877. The fourth-order valence-corrected chi connectivity index (χ4v) is 4.26. The zero-order valence-electron chi connectivity index (χ0n) is 14.4. The number of carbonyl (C=O) groups is 1. The predicted octanol–water partition coefficient (Wildman–Crippen LogP) is 2.80. The average Bonchev–Trinajstić information content (AvgIpc) is 3.24. The Hall–Kier alpha value is -0.810. The molecule has 23 heavy (non-hydrogen) atoms. The van der Waals surface area contributed by atoms with Gasteiger partial charge in [0, 0.05) is 38.8 Å². The highest BCUT2D eigenvalue weighted by atomic mass is 16.5. The van der Waals surface area contributed by atoms with E-state index in [2.05, 4.69) is 5.32 Å². The summed E-state index contributed by atoms with van der Waals surface area (Å²) in [5.41, 5.74) is 0.578. The number of piperidine rings is 1. The molecular weight excluding hydrogens is 292 g/mol. The van der Waals surface area contributed by atoms with Crippen molar-refractivity contribution in [2.45, 2.75) is 51.4 Å². The molecule has 2 heterocycles. The van der Waals surface area contributed by atoms with Crippen LogP contribution in [0.1, 0.15) is 51.4 Å². The molecule has 2 amide bonds. The van der Waals surface area contributed by atoms with Crippen LogP contribution in [0.15, 0.2) is 0 Å². The standard InChI is InChI=1S/C18H32N2O3/c21-17(19-9-3-12-22-14-16-4-13-23-15-16)20-10-7-18(8-11-20)5-1-2-6-18/h16H,1-15H2,(H,19,21)/t16-/m1/s1. The maximum absolute atomic E-state index is 12.2. The van der Waals surface area contributed by atoms with E-state index in [0.717, 1.165) is 52.4 Å². The van der Waals surface area contributed by atoms with E-state index in [0.29, 0.717) is 17.9 Å². The lowest BCUT2D eigenvalue weighted by Crippen LogP contribution is -2.47. The molecule has 2 aliphatic heterocycles. The van der Waals surface area contributed by atoms with E-state index in [1.807, 2.05) is 4.90 Å². The first-order valence-electron chi connectivity index (χ1n) is 9.46. The van der Waals surface area contributed by atoms with Crippen LogP contribution >= 0.6 is 0 Å². The number of nitrogens with one attached hydrogen (secondary N) is 1. The quantitative estimate of drug-likeness (QED) is 0.764. The van der Waals surface area contributed by atoms with E-state index >= 15 is 0 Å². The van der Waals surface area contributed by atoms with Crippen molar-refractivity contribution in [3.63, 3.8) is 0 Å². The Bertz CT molecular complexity index is 366. The van der Waals surface area contributed by atoms with Crippen molar-refractivity contribution in [1.29, 1.82) is 0 Å². The smallest absolute Gasteiger partial charge is 0.317 e. The van der Waals surface area contributed by atoms with Gasteiger partial charge in [-0.1, -0.05) is 12.8 Å². The molecule has 1 N–H and O–H groups in total. The van der Waals surface area contributed by atoms with Crippen LogP contribution in [0.4, 0.5) is 4.79 Å². The van der Waals surface area contributed by atoms with Gasteiger partial charge in [0.15, 0.2) is 0 Å². The lowest BCUT2D eigenvalue weighted by atomic mass is 9.77. The van der Waals surface area contributed by atoms with Gasteiger partial charge in [0.1, 0.15) is 0 Å². The number of nitrogens with zero attached hydrogens (tertiary/aromatic N) is 1. The second-order valence-electron chi connectivity index (χ2n) is 7.58. The van der Waals surface area contributed by atoms with Crippen molar-refractivity contribution in [3.8, 4) is 0 Å². The minimum absolute atomic E-state index is 0.113. The molecule has 3 fully saturated rings. The number of likely N-dealkylation sites (tertiary alicyclic amines) is 1. The van der Waals surface area contributed by atoms with Gasteiger partial charge in [-0.05, 0) is 43.9 Å². The number of hydrogen-bond acceptors (Lipinski definition) is 3. The van der Waals surface area contributed by atoms with Gasteiger partial charge < -0.3 is 19.7 Å². The van der Waals surface area contributed by atoms with Gasteiger partial charge in [0.2, 0.25) is 0 Å². The number of rotatable bonds is 6. The summed E-state index contributed by atoms with van der Waals surface area (Å²) in [5.74, 6) is 0.570. The highest BCUT2D eigenvalue weighted by Gasteiger charge is 2.37. The third-order valence-corrected chi connectivity index (χ3v) is 5.89. The Labute approximate surface area is 140 Å². The van der Waals surface area contributed by atoms with Crippen LogP contribution in [0, 0.1) is 11.3 Å². The van der Waals surface area contributed by atoms with Crippen LogP contribution in [-0.4, -0.2) is 57.0 Å². The van der Waals surface area contributed by atoms with Crippen LogP contribution in [0.2, 0.25) is 0 Å². The van der Waals surface area contributed by atoms with Crippen LogP contribution in [0.5, 0.6) is 0 Å². The third-order valence-electron chi connectivity index (χ3n) is 5.89. The van der Waals surface area contributed by atoms with Crippen LogP contribution in [-0.2, 0) is 9.47 Å². The Balaban J connectivity index is 1.22. The topological polar surface area (TPSA) is 50.8 Å². The van der Waals surface area contributed by atoms with E-state index < -0.39 is 0 Å². The molecule has 3 rings (SSSR count). The zero-order valence-corrected chi connectivity index (χ0v) is 14.4. The van der Waals surface area contributed by atoms with E-state index in [-0.39, 0.29) is 6.03 Å². The zero-order chi connectivity index (χ0) is 16.0. The number of carbonyl (C=O) groups excluding carboxylic acids is 1. The normalized spacial score (nSPS) is 26.8. The van der Waals surface area contributed by atoms with Gasteiger partial charge in [0.25, 0.3) is 0 Å². The minimum atomic E-state index is 0.113. The van der Waals surface area contributed by atoms with Gasteiger partial charge in [-0.2, -0.15) is 0 Å². The second-order valence-corrected chi connectivity index (χ2v) is 7.58. The Morgan fingerprint density at radius 2 is 2.00 bits per heavy atom. The van der Waals surface area contributed by atoms with E-state index in [1.54, 1.807) is 0 Å². The van der Waals surface area contributed by atoms with Crippen LogP contribution < -0.4 is 5.32 Å². The summed E-state index contributed by atoms with van der Waals surface area (Å²) in [6, 6.07) is 0.113. The summed E-state index contributed by atoms with van der Waals surface area (Å²) in [6.45, 7) is 5.81. The summed E-state index contributed by atoms with van der Waals surface area (Å²) >= 11 is 0. The molecular formula is C18H32N2O3. The highest BCUT2D eigenvalue weighted by Crippen LogP contribution is 2.46. The summed E-state index contributed by atoms with van der Waals surface area (Å²) < 4.78 is 11.0. The first kappa shape index (κ1) is 17.0. The minimum Gasteiger partial charge on any atom is -0.381 e. The fraction of sp³-hybridized carbons (Fsp3) is 0.944. The fourth-order valence-electron chi connectivity index (χ4n) is 4.26. The first-order valence-corrected chi connectivity index (χ1v) is 9.46. The number of hydrogen-bond donors (Lipinski definition) is 1. The lowest BCUT2D eigenvalue weighted by Gasteiger charge is -2.39. The van der Waals surface area contributed by atoms with Crippen molar-refractivity contribution < 1.29 is 14.3 Å². The summed E-state index contributed by atoms with van der Waals surface area (Å²) in [4.78, 5) is 14.2. The molecule has 5 heteroatoms. The highest BCUT2D eigenvalue weighted by molar-refractivity contribution is 5.74.